The number of hydrogen-bond acceptors (Lipinski definition) is 4. The van der Waals surface area contributed by atoms with E-state index in [2.05, 4.69) is 19.9 Å². The molecule has 1 aliphatic rings. The quantitative estimate of drug-likeness (QED) is 0.285. The molecule has 0 saturated carbocycles. The van der Waals surface area contributed by atoms with Gasteiger partial charge in [-0.25, -0.2) is 0 Å². The Balaban J connectivity index is 0.00000450. The number of ether oxygens (including phenoxy) is 2. The van der Waals surface area contributed by atoms with Crippen molar-refractivity contribution in [3.8, 4) is 11.5 Å². The number of halogens is 3. The second-order valence-corrected chi connectivity index (χ2v) is 7.02. The molecule has 1 unspecified atom stereocenters. The van der Waals surface area contributed by atoms with Crippen LogP contribution in [0.2, 0.25) is 0 Å². The van der Waals surface area contributed by atoms with Crippen LogP contribution < -0.4 is 20.5 Å². The maximum Gasteiger partial charge on any atom is 0.387 e. The van der Waals surface area contributed by atoms with E-state index < -0.39 is 6.61 Å². The lowest BCUT2D eigenvalue weighted by Crippen LogP contribution is -2.46. The van der Waals surface area contributed by atoms with Gasteiger partial charge in [-0.2, -0.15) is 8.78 Å². The van der Waals surface area contributed by atoms with Gasteiger partial charge in [0.2, 0.25) is 5.91 Å². The summed E-state index contributed by atoms with van der Waals surface area (Å²) in [6.07, 6.45) is 3.04. The number of amides is 1. The number of nitrogens with one attached hydrogen (secondary N) is 1. The van der Waals surface area contributed by atoms with E-state index in [1.165, 1.54) is 6.07 Å². The zero-order valence-corrected chi connectivity index (χ0v) is 19.7. The fourth-order valence-corrected chi connectivity index (χ4v) is 3.41. The minimum Gasteiger partial charge on any atom is -0.493 e. The molecule has 7 nitrogen and oxygen atoms in total. The van der Waals surface area contributed by atoms with Gasteiger partial charge in [-0.3, -0.25) is 9.79 Å². The van der Waals surface area contributed by atoms with Crippen LogP contribution in [0.4, 0.5) is 8.78 Å². The van der Waals surface area contributed by atoms with E-state index in [1.807, 2.05) is 6.92 Å². The van der Waals surface area contributed by atoms with E-state index in [1.54, 1.807) is 19.2 Å². The molecule has 3 N–H and O–H groups in total. The largest absolute Gasteiger partial charge is 0.493 e. The standard InChI is InChI=1S/C20H30F2N4O3.HI/c1-3-9-28-16-7-6-15(17(11-16)29-19(21)22)12-25-20(24-2)26-8-4-5-14(13-26)10-18(23)27;/h6-7,11,14,19H,3-5,8-10,12-13H2,1-2H3,(H2,23,27)(H,24,25);1H. The lowest BCUT2D eigenvalue weighted by atomic mass is 9.95. The third-order valence-electron chi connectivity index (χ3n) is 4.68. The average Bonchev–Trinajstić information content (AvgIpc) is 2.67. The molecule has 0 radical (unpaired) electrons. The third-order valence-corrected chi connectivity index (χ3v) is 4.68. The van der Waals surface area contributed by atoms with Crippen LogP contribution >= 0.6 is 24.0 Å². The number of likely N-dealkylation sites (tertiary alicyclic amines) is 1. The minimum atomic E-state index is -2.92. The molecule has 0 aromatic heterocycles. The molecule has 1 heterocycles. The fourth-order valence-electron chi connectivity index (χ4n) is 3.41. The molecule has 1 atom stereocenters. The molecule has 1 aromatic carbocycles. The van der Waals surface area contributed by atoms with Crippen molar-refractivity contribution in [3.63, 3.8) is 0 Å². The number of benzene rings is 1. The lowest BCUT2D eigenvalue weighted by Gasteiger charge is -2.34. The molecule has 1 fully saturated rings. The van der Waals surface area contributed by atoms with Crippen LogP contribution in [0.1, 0.15) is 38.2 Å². The van der Waals surface area contributed by atoms with Crippen molar-refractivity contribution in [2.75, 3.05) is 26.7 Å². The molecule has 0 spiro atoms. The van der Waals surface area contributed by atoms with Crippen LogP contribution in [0.5, 0.6) is 11.5 Å². The number of aliphatic imine (C=N–C) groups is 1. The first kappa shape index (κ1) is 26.2. The highest BCUT2D eigenvalue weighted by Gasteiger charge is 2.23. The lowest BCUT2D eigenvalue weighted by molar-refractivity contribution is -0.119. The first-order valence-electron chi connectivity index (χ1n) is 9.87. The first-order chi connectivity index (χ1) is 13.9. The third kappa shape index (κ3) is 8.49. The Kier molecular flexibility index (Phi) is 11.7. The van der Waals surface area contributed by atoms with Gasteiger partial charge in [0.15, 0.2) is 5.96 Å². The SMILES string of the molecule is CCCOc1ccc(CNC(=NC)N2CCCC(CC(N)=O)C2)c(OC(F)F)c1.I. The van der Waals surface area contributed by atoms with Crippen molar-refractivity contribution in [1.82, 2.24) is 10.2 Å². The Morgan fingerprint density at radius 1 is 1.43 bits per heavy atom. The van der Waals surface area contributed by atoms with E-state index in [9.17, 15) is 13.6 Å². The van der Waals surface area contributed by atoms with Gasteiger partial charge in [0.25, 0.3) is 0 Å². The Labute approximate surface area is 193 Å². The zero-order chi connectivity index (χ0) is 21.2. The van der Waals surface area contributed by atoms with Gasteiger partial charge in [-0.05, 0) is 37.3 Å². The summed E-state index contributed by atoms with van der Waals surface area (Å²) in [6.45, 7) is 1.28. The normalized spacial score (nSPS) is 16.8. The number of carbonyl (C=O) groups is 1. The monoisotopic (exact) mass is 540 g/mol. The molecular weight excluding hydrogens is 509 g/mol. The number of guanidine groups is 1. The molecule has 1 aliphatic heterocycles. The van der Waals surface area contributed by atoms with Crippen molar-refractivity contribution in [3.05, 3.63) is 23.8 Å². The number of alkyl halides is 2. The first-order valence-corrected chi connectivity index (χ1v) is 9.87. The van der Waals surface area contributed by atoms with Crippen LogP contribution in [-0.4, -0.2) is 50.1 Å². The number of piperidine rings is 1. The molecular formula is C20H31F2IN4O3. The Morgan fingerprint density at radius 3 is 2.83 bits per heavy atom. The number of hydrogen-bond donors (Lipinski definition) is 2. The number of rotatable bonds is 9. The van der Waals surface area contributed by atoms with Crippen LogP contribution in [0.3, 0.4) is 0 Å². The van der Waals surface area contributed by atoms with Crippen LogP contribution in [0, 0.1) is 5.92 Å². The highest BCUT2D eigenvalue weighted by molar-refractivity contribution is 14.0. The summed E-state index contributed by atoms with van der Waals surface area (Å²) in [5.74, 6) is 1.09. The topological polar surface area (TPSA) is 89.2 Å². The predicted octanol–water partition coefficient (Wildman–Crippen LogP) is 3.36. The van der Waals surface area contributed by atoms with Gasteiger partial charge in [-0.15, -0.1) is 24.0 Å². The van der Waals surface area contributed by atoms with Crippen molar-refractivity contribution in [2.45, 2.75) is 45.8 Å². The average molecular weight is 540 g/mol. The van der Waals surface area contributed by atoms with E-state index in [0.717, 1.165) is 25.8 Å². The smallest absolute Gasteiger partial charge is 0.387 e. The Morgan fingerprint density at radius 2 is 2.20 bits per heavy atom. The number of nitrogens with two attached hydrogens (primary N) is 1. The zero-order valence-electron chi connectivity index (χ0n) is 17.4. The molecule has 1 saturated heterocycles. The van der Waals surface area contributed by atoms with Crippen molar-refractivity contribution in [2.24, 2.45) is 16.6 Å². The fraction of sp³-hybridized carbons (Fsp3) is 0.600. The van der Waals surface area contributed by atoms with Gasteiger partial charge in [0.1, 0.15) is 11.5 Å². The molecule has 2 rings (SSSR count). The summed E-state index contributed by atoms with van der Waals surface area (Å²) in [5, 5.41) is 3.20. The summed E-state index contributed by atoms with van der Waals surface area (Å²) in [4.78, 5) is 17.6. The molecule has 0 bridgehead atoms. The van der Waals surface area contributed by atoms with E-state index in [4.69, 9.17) is 10.5 Å². The van der Waals surface area contributed by atoms with Gasteiger partial charge < -0.3 is 25.4 Å². The summed E-state index contributed by atoms with van der Waals surface area (Å²) in [7, 11) is 1.66. The maximum atomic E-state index is 12.8. The Bertz CT molecular complexity index is 707. The van der Waals surface area contributed by atoms with Gasteiger partial charge in [0, 0.05) is 44.7 Å². The van der Waals surface area contributed by atoms with Crippen LogP contribution in [0.15, 0.2) is 23.2 Å². The minimum absolute atomic E-state index is 0. The highest BCUT2D eigenvalue weighted by atomic mass is 127. The van der Waals surface area contributed by atoms with Crippen LogP contribution in [-0.2, 0) is 11.3 Å². The van der Waals surface area contributed by atoms with Gasteiger partial charge >= 0.3 is 6.61 Å². The predicted molar refractivity (Wildman–Crippen MR) is 123 cm³/mol. The summed E-state index contributed by atoms with van der Waals surface area (Å²) in [5.41, 5.74) is 5.89. The summed E-state index contributed by atoms with van der Waals surface area (Å²) >= 11 is 0. The maximum absolute atomic E-state index is 12.8. The summed E-state index contributed by atoms with van der Waals surface area (Å²) in [6, 6.07) is 4.91. The van der Waals surface area contributed by atoms with Crippen molar-refractivity contribution < 1.29 is 23.0 Å². The van der Waals surface area contributed by atoms with Gasteiger partial charge in [0.05, 0.1) is 6.61 Å². The van der Waals surface area contributed by atoms with Crippen LogP contribution in [0.25, 0.3) is 0 Å². The number of carbonyl (C=O) groups excluding carboxylic acids is 1. The molecule has 30 heavy (non-hydrogen) atoms. The molecule has 10 heteroatoms. The second-order valence-electron chi connectivity index (χ2n) is 7.02. The molecule has 0 aliphatic carbocycles. The molecule has 170 valence electrons. The van der Waals surface area contributed by atoms with E-state index in [0.29, 0.717) is 36.8 Å². The van der Waals surface area contributed by atoms with Crippen molar-refractivity contribution in [1.29, 1.82) is 0 Å². The van der Waals surface area contributed by atoms with E-state index >= 15 is 0 Å². The highest BCUT2D eigenvalue weighted by Crippen LogP contribution is 2.27. The van der Waals surface area contributed by atoms with E-state index in [-0.39, 0.29) is 48.1 Å². The van der Waals surface area contributed by atoms with Crippen molar-refractivity contribution >= 4 is 35.8 Å². The molecule has 1 aromatic rings. The summed E-state index contributed by atoms with van der Waals surface area (Å²) < 4.78 is 35.9. The number of primary amides is 1. The molecule has 1 amide bonds. The Hall–Kier alpha value is -1.85. The van der Waals surface area contributed by atoms with Gasteiger partial charge in [-0.1, -0.05) is 6.92 Å². The second kappa shape index (κ2) is 13.5. The number of nitrogens with zero attached hydrogens (tertiary/aromatic N) is 2.